The zero-order chi connectivity index (χ0) is 13.2. The van der Waals surface area contributed by atoms with Crippen LogP contribution in [0.4, 0.5) is 0 Å². The molecule has 3 heteroatoms. The van der Waals surface area contributed by atoms with E-state index in [0.717, 1.165) is 18.6 Å². The van der Waals surface area contributed by atoms with Crippen LogP contribution >= 0.6 is 0 Å². The fraction of sp³-hybridized carbons (Fsp3) is 0.600. The minimum Gasteiger partial charge on any atom is -0.489 e. The third-order valence-corrected chi connectivity index (χ3v) is 3.69. The van der Waals surface area contributed by atoms with Crippen LogP contribution in [-0.2, 0) is 0 Å². The minimum absolute atomic E-state index is 0.0130. The minimum atomic E-state index is -0.0130. The first-order valence-corrected chi connectivity index (χ1v) is 6.60. The second-order valence-corrected chi connectivity index (χ2v) is 5.92. The van der Waals surface area contributed by atoms with E-state index in [1.165, 1.54) is 19.8 Å². The summed E-state index contributed by atoms with van der Waals surface area (Å²) in [5.41, 5.74) is 0.948. The van der Waals surface area contributed by atoms with Gasteiger partial charge in [0.25, 0.3) is 0 Å². The van der Waals surface area contributed by atoms with Crippen LogP contribution in [0.2, 0.25) is 0 Å². The van der Waals surface area contributed by atoms with E-state index in [9.17, 15) is 4.79 Å². The molecule has 0 aromatic carbocycles. The molecule has 1 aliphatic carbocycles. The van der Waals surface area contributed by atoms with Gasteiger partial charge in [-0.3, -0.25) is 4.79 Å². The predicted molar refractivity (Wildman–Crippen MR) is 70.9 cm³/mol. The molecule has 1 heterocycles. The molecule has 0 spiro atoms. The highest BCUT2D eigenvalue weighted by Gasteiger charge is 2.27. The van der Waals surface area contributed by atoms with Crippen LogP contribution < -0.4 is 4.74 Å². The van der Waals surface area contributed by atoms with Crippen molar-refractivity contribution in [1.29, 1.82) is 0 Å². The highest BCUT2D eigenvalue weighted by Crippen LogP contribution is 2.36. The number of carbonyl (C=O) groups excluding carboxylic acids is 1. The van der Waals surface area contributed by atoms with Crippen molar-refractivity contribution in [2.75, 3.05) is 0 Å². The first kappa shape index (κ1) is 13.1. The van der Waals surface area contributed by atoms with E-state index in [2.05, 4.69) is 18.8 Å². The molecule has 98 valence electrons. The molecule has 1 fully saturated rings. The molecule has 0 N–H and O–H groups in total. The quantitative estimate of drug-likeness (QED) is 0.766. The molecule has 0 radical (unpaired) electrons. The highest BCUT2D eigenvalue weighted by molar-refractivity contribution is 5.92. The fourth-order valence-electron chi connectivity index (χ4n) is 2.34. The Morgan fingerprint density at radius 2 is 2.00 bits per heavy atom. The second kappa shape index (κ2) is 5.09. The summed E-state index contributed by atoms with van der Waals surface area (Å²) in [6, 6.07) is 3.56. The Kier molecular flexibility index (Phi) is 3.69. The van der Waals surface area contributed by atoms with Gasteiger partial charge < -0.3 is 4.74 Å². The molecular weight excluding hydrogens is 226 g/mol. The van der Waals surface area contributed by atoms with Gasteiger partial charge in [-0.25, -0.2) is 4.98 Å². The molecule has 2 rings (SSSR count). The lowest BCUT2D eigenvalue weighted by molar-refractivity contribution is 0.0979. The van der Waals surface area contributed by atoms with E-state index in [1.54, 1.807) is 12.3 Å². The third kappa shape index (κ3) is 3.31. The van der Waals surface area contributed by atoms with Crippen molar-refractivity contribution < 1.29 is 9.53 Å². The standard InChI is InChI=1S/C15H21NO2/c1-11(17)14-5-4-13(10-16-14)18-12-6-8-15(2,3)9-7-12/h4-5,10,12H,6-9H2,1-3H3. The molecular formula is C15H21NO2. The van der Waals surface area contributed by atoms with Crippen molar-refractivity contribution >= 4 is 5.78 Å². The monoisotopic (exact) mass is 247 g/mol. The van der Waals surface area contributed by atoms with E-state index in [4.69, 9.17) is 4.74 Å². The molecule has 0 unspecified atom stereocenters. The van der Waals surface area contributed by atoms with Gasteiger partial charge in [-0.1, -0.05) is 13.8 Å². The molecule has 0 aliphatic heterocycles. The van der Waals surface area contributed by atoms with Crippen molar-refractivity contribution in [2.45, 2.75) is 52.6 Å². The van der Waals surface area contributed by atoms with Crippen LogP contribution in [-0.4, -0.2) is 16.9 Å². The SMILES string of the molecule is CC(=O)c1ccc(OC2CCC(C)(C)CC2)cn1. The van der Waals surface area contributed by atoms with Crippen molar-refractivity contribution in [2.24, 2.45) is 5.41 Å². The summed E-state index contributed by atoms with van der Waals surface area (Å²) in [5.74, 6) is 0.755. The summed E-state index contributed by atoms with van der Waals surface area (Å²) in [7, 11) is 0. The zero-order valence-electron chi connectivity index (χ0n) is 11.4. The summed E-state index contributed by atoms with van der Waals surface area (Å²) < 4.78 is 5.91. The number of hydrogen-bond acceptors (Lipinski definition) is 3. The number of nitrogens with zero attached hydrogens (tertiary/aromatic N) is 1. The number of carbonyl (C=O) groups is 1. The molecule has 3 nitrogen and oxygen atoms in total. The van der Waals surface area contributed by atoms with Crippen LogP contribution in [0.5, 0.6) is 5.75 Å². The van der Waals surface area contributed by atoms with E-state index < -0.39 is 0 Å². The molecule has 1 aromatic rings. The van der Waals surface area contributed by atoms with E-state index in [-0.39, 0.29) is 5.78 Å². The number of aromatic nitrogens is 1. The maximum atomic E-state index is 11.1. The Morgan fingerprint density at radius 1 is 1.33 bits per heavy atom. The van der Waals surface area contributed by atoms with Gasteiger partial charge in [-0.2, -0.15) is 0 Å². The van der Waals surface area contributed by atoms with Gasteiger partial charge in [0.05, 0.1) is 12.3 Å². The van der Waals surface area contributed by atoms with Crippen LogP contribution in [0.25, 0.3) is 0 Å². The van der Waals surface area contributed by atoms with Crippen LogP contribution in [0.15, 0.2) is 18.3 Å². The molecule has 0 saturated heterocycles. The summed E-state index contributed by atoms with van der Waals surface area (Å²) in [5, 5.41) is 0. The largest absolute Gasteiger partial charge is 0.489 e. The molecule has 0 bridgehead atoms. The second-order valence-electron chi connectivity index (χ2n) is 5.92. The number of pyridine rings is 1. The number of hydrogen-bond donors (Lipinski definition) is 0. The fourth-order valence-corrected chi connectivity index (χ4v) is 2.34. The topological polar surface area (TPSA) is 39.2 Å². The zero-order valence-corrected chi connectivity index (χ0v) is 11.4. The summed E-state index contributed by atoms with van der Waals surface area (Å²) >= 11 is 0. The lowest BCUT2D eigenvalue weighted by Crippen LogP contribution is -2.28. The summed E-state index contributed by atoms with van der Waals surface area (Å²) in [6.45, 7) is 6.14. The highest BCUT2D eigenvalue weighted by atomic mass is 16.5. The number of ketones is 1. The van der Waals surface area contributed by atoms with Crippen molar-refractivity contribution in [1.82, 2.24) is 4.98 Å². The maximum absolute atomic E-state index is 11.1. The first-order chi connectivity index (χ1) is 8.46. The average molecular weight is 247 g/mol. The summed E-state index contributed by atoms with van der Waals surface area (Å²) in [4.78, 5) is 15.2. The molecule has 1 aliphatic rings. The van der Waals surface area contributed by atoms with Gasteiger partial charge in [0.2, 0.25) is 0 Å². The Labute approximate surface area is 109 Å². The van der Waals surface area contributed by atoms with Crippen LogP contribution in [0.3, 0.4) is 0 Å². The van der Waals surface area contributed by atoms with Crippen LogP contribution in [0, 0.1) is 5.41 Å². The van der Waals surface area contributed by atoms with Crippen LogP contribution in [0.1, 0.15) is 56.9 Å². The first-order valence-electron chi connectivity index (χ1n) is 6.60. The van der Waals surface area contributed by atoms with Crippen molar-refractivity contribution in [3.8, 4) is 5.75 Å². The lowest BCUT2D eigenvalue weighted by atomic mass is 9.76. The molecule has 1 aromatic heterocycles. The summed E-state index contributed by atoms with van der Waals surface area (Å²) in [6.07, 6.45) is 6.55. The lowest BCUT2D eigenvalue weighted by Gasteiger charge is -2.34. The van der Waals surface area contributed by atoms with E-state index >= 15 is 0 Å². The molecule has 0 amide bonds. The van der Waals surface area contributed by atoms with E-state index in [0.29, 0.717) is 17.2 Å². The molecule has 0 atom stereocenters. The Morgan fingerprint density at radius 3 is 2.50 bits per heavy atom. The molecule has 1 saturated carbocycles. The van der Waals surface area contributed by atoms with Gasteiger partial charge in [-0.05, 0) is 43.2 Å². The van der Waals surface area contributed by atoms with Gasteiger partial charge in [0, 0.05) is 6.92 Å². The Bertz CT molecular complexity index is 413. The third-order valence-electron chi connectivity index (χ3n) is 3.69. The Balaban J connectivity index is 1.92. The number of Topliss-reactive ketones (excluding diaryl/α,β-unsaturated/α-hetero) is 1. The van der Waals surface area contributed by atoms with Gasteiger partial charge in [0.1, 0.15) is 11.4 Å². The van der Waals surface area contributed by atoms with Crippen molar-refractivity contribution in [3.05, 3.63) is 24.0 Å². The molecule has 18 heavy (non-hydrogen) atoms. The maximum Gasteiger partial charge on any atom is 0.178 e. The number of rotatable bonds is 3. The van der Waals surface area contributed by atoms with Gasteiger partial charge in [0.15, 0.2) is 5.78 Å². The van der Waals surface area contributed by atoms with Gasteiger partial charge >= 0.3 is 0 Å². The number of ether oxygens (including phenoxy) is 1. The predicted octanol–water partition coefficient (Wildman–Crippen LogP) is 3.63. The smallest absolute Gasteiger partial charge is 0.178 e. The van der Waals surface area contributed by atoms with Crippen molar-refractivity contribution in [3.63, 3.8) is 0 Å². The van der Waals surface area contributed by atoms with Gasteiger partial charge in [-0.15, -0.1) is 0 Å². The normalized spacial score (nSPS) is 19.5. The Hall–Kier alpha value is -1.38. The average Bonchev–Trinajstić information content (AvgIpc) is 2.33. The van der Waals surface area contributed by atoms with E-state index in [1.807, 2.05) is 6.07 Å².